The number of aromatic nitrogens is 2. The highest BCUT2D eigenvalue weighted by Gasteiger charge is 2.13. The Labute approximate surface area is 203 Å². The summed E-state index contributed by atoms with van der Waals surface area (Å²) in [5.41, 5.74) is 9.79. The van der Waals surface area contributed by atoms with Crippen LogP contribution in [0.25, 0.3) is 11.1 Å². The van der Waals surface area contributed by atoms with E-state index in [4.69, 9.17) is 15.2 Å². The van der Waals surface area contributed by atoms with E-state index in [1.807, 2.05) is 41.2 Å². The largest absolute Gasteiger partial charge is 0.493 e. The normalized spacial score (nSPS) is 10.5. The number of carbonyl (C=O) groups excluding carboxylic acids is 2. The SMILES string of the molecule is COc1cc(C(=O)NCc2ccccc2-c2ccc(Cn3cccn3)cc2)ccc1OCC(N)=O. The minimum atomic E-state index is -0.597. The van der Waals surface area contributed by atoms with E-state index in [9.17, 15) is 9.59 Å². The van der Waals surface area contributed by atoms with Crippen molar-refractivity contribution in [1.29, 1.82) is 0 Å². The molecular formula is C27H26N4O4. The molecule has 4 rings (SSSR count). The Kier molecular flexibility index (Phi) is 7.42. The van der Waals surface area contributed by atoms with Crippen LogP contribution in [-0.4, -0.2) is 35.3 Å². The summed E-state index contributed by atoms with van der Waals surface area (Å²) in [7, 11) is 1.46. The molecule has 0 saturated heterocycles. The number of amides is 2. The van der Waals surface area contributed by atoms with Crippen LogP contribution in [-0.2, 0) is 17.9 Å². The highest BCUT2D eigenvalue weighted by Crippen LogP contribution is 2.28. The number of ether oxygens (including phenoxy) is 2. The minimum Gasteiger partial charge on any atom is -0.493 e. The van der Waals surface area contributed by atoms with Crippen LogP contribution in [0.2, 0.25) is 0 Å². The van der Waals surface area contributed by atoms with Gasteiger partial charge in [-0.1, -0.05) is 48.5 Å². The summed E-state index contributed by atoms with van der Waals surface area (Å²) in [6.45, 7) is 0.788. The van der Waals surface area contributed by atoms with E-state index in [-0.39, 0.29) is 12.5 Å². The zero-order valence-corrected chi connectivity index (χ0v) is 19.3. The molecule has 0 aliphatic carbocycles. The molecule has 0 radical (unpaired) electrons. The van der Waals surface area contributed by atoms with E-state index in [2.05, 4.69) is 34.7 Å². The minimum absolute atomic E-state index is 0.255. The van der Waals surface area contributed by atoms with E-state index in [1.54, 1.807) is 24.4 Å². The van der Waals surface area contributed by atoms with Crippen LogP contribution in [0, 0.1) is 0 Å². The third-order valence-corrected chi connectivity index (χ3v) is 5.42. The fraction of sp³-hybridized carbons (Fsp3) is 0.148. The summed E-state index contributed by atoms with van der Waals surface area (Å²) in [6, 6.07) is 22.9. The van der Waals surface area contributed by atoms with Crippen molar-refractivity contribution in [2.24, 2.45) is 5.73 Å². The van der Waals surface area contributed by atoms with Gasteiger partial charge in [0.2, 0.25) is 0 Å². The Morgan fingerprint density at radius 3 is 2.51 bits per heavy atom. The second-order valence-electron chi connectivity index (χ2n) is 7.86. The molecule has 0 fully saturated rings. The molecule has 0 spiro atoms. The highest BCUT2D eigenvalue weighted by molar-refractivity contribution is 5.95. The van der Waals surface area contributed by atoms with Gasteiger partial charge in [0.15, 0.2) is 18.1 Å². The van der Waals surface area contributed by atoms with Crippen LogP contribution in [0.15, 0.2) is 85.2 Å². The first-order valence-electron chi connectivity index (χ1n) is 11.1. The first-order valence-corrected chi connectivity index (χ1v) is 11.1. The number of hydrogen-bond donors (Lipinski definition) is 2. The van der Waals surface area contributed by atoms with Gasteiger partial charge in [-0.15, -0.1) is 0 Å². The van der Waals surface area contributed by atoms with E-state index >= 15 is 0 Å². The van der Waals surface area contributed by atoms with Gasteiger partial charge in [-0.05, 0) is 46.5 Å². The maximum absolute atomic E-state index is 12.8. The van der Waals surface area contributed by atoms with Gasteiger partial charge in [-0.25, -0.2) is 0 Å². The van der Waals surface area contributed by atoms with Crippen molar-refractivity contribution in [1.82, 2.24) is 15.1 Å². The van der Waals surface area contributed by atoms with Crippen LogP contribution in [0.1, 0.15) is 21.5 Å². The topological polar surface area (TPSA) is 108 Å². The number of methoxy groups -OCH3 is 1. The first-order chi connectivity index (χ1) is 17.0. The third kappa shape index (κ3) is 6.05. The lowest BCUT2D eigenvalue weighted by Crippen LogP contribution is -2.23. The van der Waals surface area contributed by atoms with Crippen LogP contribution >= 0.6 is 0 Å². The van der Waals surface area contributed by atoms with Gasteiger partial charge in [0, 0.05) is 24.5 Å². The van der Waals surface area contributed by atoms with E-state index in [0.717, 1.165) is 22.3 Å². The Balaban J connectivity index is 1.44. The zero-order chi connectivity index (χ0) is 24.6. The fourth-order valence-corrected chi connectivity index (χ4v) is 3.68. The Bertz CT molecular complexity index is 1300. The third-order valence-electron chi connectivity index (χ3n) is 5.42. The second kappa shape index (κ2) is 11.0. The fourth-order valence-electron chi connectivity index (χ4n) is 3.68. The summed E-state index contributed by atoms with van der Waals surface area (Å²) >= 11 is 0. The van der Waals surface area contributed by atoms with Crippen molar-refractivity contribution in [2.75, 3.05) is 13.7 Å². The average Bonchev–Trinajstić information content (AvgIpc) is 3.39. The molecular weight excluding hydrogens is 444 g/mol. The molecule has 0 aliphatic rings. The molecule has 4 aromatic rings. The lowest BCUT2D eigenvalue weighted by atomic mass is 9.98. The molecule has 3 aromatic carbocycles. The monoisotopic (exact) mass is 470 g/mol. The Morgan fingerprint density at radius 1 is 1.00 bits per heavy atom. The van der Waals surface area contributed by atoms with Gasteiger partial charge >= 0.3 is 0 Å². The van der Waals surface area contributed by atoms with Crippen LogP contribution in [0.4, 0.5) is 0 Å². The number of benzene rings is 3. The molecule has 1 heterocycles. The van der Waals surface area contributed by atoms with Crippen molar-refractivity contribution in [3.8, 4) is 22.6 Å². The van der Waals surface area contributed by atoms with Crippen molar-refractivity contribution in [3.05, 3.63) is 102 Å². The Morgan fingerprint density at radius 2 is 1.80 bits per heavy atom. The van der Waals surface area contributed by atoms with Crippen LogP contribution in [0.5, 0.6) is 11.5 Å². The van der Waals surface area contributed by atoms with Gasteiger partial charge in [-0.3, -0.25) is 14.3 Å². The lowest BCUT2D eigenvalue weighted by Gasteiger charge is -2.13. The summed E-state index contributed by atoms with van der Waals surface area (Å²) in [4.78, 5) is 23.8. The number of rotatable bonds is 10. The summed E-state index contributed by atoms with van der Waals surface area (Å²) in [6.07, 6.45) is 3.70. The van der Waals surface area contributed by atoms with E-state index in [1.165, 1.54) is 7.11 Å². The van der Waals surface area contributed by atoms with Crippen molar-refractivity contribution in [3.63, 3.8) is 0 Å². The van der Waals surface area contributed by atoms with Crippen molar-refractivity contribution in [2.45, 2.75) is 13.1 Å². The summed E-state index contributed by atoms with van der Waals surface area (Å²) < 4.78 is 12.5. The lowest BCUT2D eigenvalue weighted by molar-refractivity contribution is -0.119. The molecule has 8 heteroatoms. The number of primary amides is 1. The van der Waals surface area contributed by atoms with Gasteiger partial charge in [-0.2, -0.15) is 5.10 Å². The number of nitrogens with one attached hydrogen (secondary N) is 1. The summed E-state index contributed by atoms with van der Waals surface area (Å²) in [5.74, 6) is -0.173. The molecule has 178 valence electrons. The standard InChI is InChI=1S/C27H26N4O4/c1-34-25-15-21(11-12-24(25)35-18-26(28)32)27(33)29-16-22-5-2-3-6-23(22)20-9-7-19(8-10-20)17-31-14-4-13-30-31/h2-15H,16-18H2,1H3,(H2,28,32)(H,29,33). The zero-order valence-electron chi connectivity index (χ0n) is 19.3. The molecule has 8 nitrogen and oxygen atoms in total. The molecule has 2 amide bonds. The van der Waals surface area contributed by atoms with Crippen LogP contribution < -0.4 is 20.5 Å². The molecule has 0 bridgehead atoms. The number of carbonyl (C=O) groups is 2. The van der Waals surface area contributed by atoms with E-state index in [0.29, 0.717) is 30.2 Å². The maximum atomic E-state index is 12.8. The van der Waals surface area contributed by atoms with Crippen molar-refractivity contribution >= 4 is 11.8 Å². The molecule has 0 atom stereocenters. The van der Waals surface area contributed by atoms with E-state index < -0.39 is 5.91 Å². The van der Waals surface area contributed by atoms with Gasteiger partial charge in [0.05, 0.1) is 13.7 Å². The average molecular weight is 471 g/mol. The molecule has 1 aromatic heterocycles. The summed E-state index contributed by atoms with van der Waals surface area (Å²) in [5, 5.41) is 7.21. The number of nitrogens with two attached hydrogens (primary N) is 1. The highest BCUT2D eigenvalue weighted by atomic mass is 16.5. The number of nitrogens with zero attached hydrogens (tertiary/aromatic N) is 2. The van der Waals surface area contributed by atoms with Gasteiger partial charge in [0.25, 0.3) is 11.8 Å². The predicted molar refractivity (Wildman–Crippen MR) is 132 cm³/mol. The maximum Gasteiger partial charge on any atom is 0.255 e. The van der Waals surface area contributed by atoms with Crippen molar-refractivity contribution < 1.29 is 19.1 Å². The predicted octanol–water partition coefficient (Wildman–Crippen LogP) is 3.40. The van der Waals surface area contributed by atoms with Crippen LogP contribution in [0.3, 0.4) is 0 Å². The first kappa shape index (κ1) is 23.6. The molecule has 0 unspecified atom stereocenters. The molecule has 0 aliphatic heterocycles. The quantitative estimate of drug-likeness (QED) is 0.369. The Hall–Kier alpha value is -4.59. The molecule has 0 saturated carbocycles. The van der Waals surface area contributed by atoms with Gasteiger partial charge < -0.3 is 20.5 Å². The molecule has 3 N–H and O–H groups in total. The molecule has 35 heavy (non-hydrogen) atoms. The smallest absolute Gasteiger partial charge is 0.255 e. The number of hydrogen-bond acceptors (Lipinski definition) is 5. The second-order valence-corrected chi connectivity index (χ2v) is 7.86. The van der Waals surface area contributed by atoms with Gasteiger partial charge in [0.1, 0.15) is 0 Å².